The van der Waals surface area contributed by atoms with Gasteiger partial charge in [0.1, 0.15) is 18.7 Å². The van der Waals surface area contributed by atoms with Crippen LogP contribution in [0.1, 0.15) is 0 Å². The molecule has 1 aliphatic rings. The van der Waals surface area contributed by atoms with Gasteiger partial charge in [-0.25, -0.2) is 4.98 Å². The molecule has 6 heteroatoms. The minimum atomic E-state index is 0.573. The predicted octanol–water partition coefficient (Wildman–Crippen LogP) is 3.33. The van der Waals surface area contributed by atoms with E-state index in [1.54, 1.807) is 12.1 Å². The molecule has 5 nitrogen and oxygen atoms in total. The van der Waals surface area contributed by atoms with E-state index in [0.29, 0.717) is 24.1 Å². The van der Waals surface area contributed by atoms with Crippen LogP contribution in [0, 0.1) is 0 Å². The zero-order valence-electron chi connectivity index (χ0n) is 11.0. The molecule has 0 bridgehead atoms. The van der Waals surface area contributed by atoms with Gasteiger partial charge in [0.15, 0.2) is 17.1 Å². The van der Waals surface area contributed by atoms with Crippen molar-refractivity contribution in [2.75, 3.05) is 18.9 Å². The number of fused-ring (bicyclic) bond motifs is 2. The van der Waals surface area contributed by atoms with E-state index in [4.69, 9.17) is 19.6 Å². The number of nitrogens with two attached hydrogens (primary N) is 1. The van der Waals surface area contributed by atoms with E-state index in [-0.39, 0.29) is 0 Å². The van der Waals surface area contributed by atoms with E-state index in [1.165, 1.54) is 11.8 Å². The Morgan fingerprint density at radius 2 is 1.86 bits per heavy atom. The van der Waals surface area contributed by atoms with Crippen molar-refractivity contribution in [1.82, 2.24) is 4.98 Å². The Balaban J connectivity index is 1.64. The minimum absolute atomic E-state index is 0.573. The second-order valence-electron chi connectivity index (χ2n) is 4.61. The number of anilines is 1. The molecule has 0 amide bonds. The summed E-state index contributed by atoms with van der Waals surface area (Å²) in [7, 11) is 0. The van der Waals surface area contributed by atoms with E-state index < -0.39 is 0 Å². The summed E-state index contributed by atoms with van der Waals surface area (Å²) in [4.78, 5) is 5.41. The molecule has 1 aromatic heterocycles. The molecule has 0 saturated heterocycles. The highest BCUT2D eigenvalue weighted by Gasteiger charge is 2.14. The first-order chi connectivity index (χ1) is 10.3. The number of ether oxygens (including phenoxy) is 2. The van der Waals surface area contributed by atoms with Crippen LogP contribution in [0.25, 0.3) is 11.1 Å². The van der Waals surface area contributed by atoms with Gasteiger partial charge >= 0.3 is 0 Å². The van der Waals surface area contributed by atoms with E-state index in [2.05, 4.69) is 4.98 Å². The van der Waals surface area contributed by atoms with Gasteiger partial charge in [-0.15, -0.1) is 0 Å². The zero-order chi connectivity index (χ0) is 14.2. The number of nitrogen functional groups attached to an aromatic ring is 1. The number of hydrogen-bond acceptors (Lipinski definition) is 6. The Morgan fingerprint density at radius 3 is 2.76 bits per heavy atom. The van der Waals surface area contributed by atoms with Crippen molar-refractivity contribution in [3.05, 3.63) is 36.4 Å². The lowest BCUT2D eigenvalue weighted by Gasteiger charge is -2.18. The fourth-order valence-corrected chi connectivity index (χ4v) is 2.93. The Labute approximate surface area is 125 Å². The van der Waals surface area contributed by atoms with Crippen LogP contribution in [0.15, 0.2) is 50.9 Å². The summed E-state index contributed by atoms with van der Waals surface area (Å²) < 4.78 is 16.8. The molecule has 0 aliphatic carbocycles. The fraction of sp³-hybridized carbons (Fsp3) is 0.133. The molecule has 21 heavy (non-hydrogen) atoms. The van der Waals surface area contributed by atoms with Crippen molar-refractivity contribution in [3.63, 3.8) is 0 Å². The van der Waals surface area contributed by atoms with Gasteiger partial charge in [0, 0.05) is 10.6 Å². The van der Waals surface area contributed by atoms with E-state index in [1.807, 2.05) is 24.3 Å². The molecular formula is C15H12N2O3S. The summed E-state index contributed by atoms with van der Waals surface area (Å²) in [5, 5.41) is 0.576. The monoisotopic (exact) mass is 300 g/mol. The summed E-state index contributed by atoms with van der Waals surface area (Å²) >= 11 is 1.44. The van der Waals surface area contributed by atoms with Crippen LogP contribution in [0.3, 0.4) is 0 Å². The molecule has 0 atom stereocenters. The summed E-state index contributed by atoms with van der Waals surface area (Å²) in [6.45, 7) is 1.16. The van der Waals surface area contributed by atoms with Gasteiger partial charge in [0.2, 0.25) is 0 Å². The molecule has 0 spiro atoms. The summed E-state index contributed by atoms with van der Waals surface area (Å²) in [5.74, 6) is 1.53. The standard InChI is InChI=1S/C15H12N2O3S/c16-9-1-3-12-11(7-9)17-15(20-12)21-10-2-4-13-14(8-10)19-6-5-18-13/h1-4,7-8H,5-6,16H2. The molecule has 0 fully saturated rings. The van der Waals surface area contributed by atoms with Crippen LogP contribution in [-0.2, 0) is 0 Å². The van der Waals surface area contributed by atoms with Crippen LogP contribution in [0.4, 0.5) is 5.69 Å². The third kappa shape index (κ3) is 2.38. The number of hydrogen-bond donors (Lipinski definition) is 1. The Morgan fingerprint density at radius 1 is 1.00 bits per heavy atom. The number of oxazole rings is 1. The first-order valence-electron chi connectivity index (χ1n) is 6.51. The average molecular weight is 300 g/mol. The molecule has 4 rings (SSSR count). The maximum atomic E-state index is 5.74. The molecule has 0 unspecified atom stereocenters. The van der Waals surface area contributed by atoms with Crippen molar-refractivity contribution >= 4 is 28.5 Å². The van der Waals surface area contributed by atoms with Crippen molar-refractivity contribution in [3.8, 4) is 11.5 Å². The Hall–Kier alpha value is -2.34. The minimum Gasteiger partial charge on any atom is -0.486 e. The summed E-state index contributed by atoms with van der Waals surface area (Å²) in [6, 6.07) is 11.2. The highest BCUT2D eigenvalue weighted by molar-refractivity contribution is 7.99. The van der Waals surface area contributed by atoms with Gasteiger partial charge in [0.25, 0.3) is 5.22 Å². The van der Waals surface area contributed by atoms with Crippen LogP contribution >= 0.6 is 11.8 Å². The van der Waals surface area contributed by atoms with E-state index in [9.17, 15) is 0 Å². The average Bonchev–Trinajstić information content (AvgIpc) is 2.88. The number of nitrogens with zero attached hydrogens (tertiary/aromatic N) is 1. The highest BCUT2D eigenvalue weighted by Crippen LogP contribution is 2.37. The van der Waals surface area contributed by atoms with Gasteiger partial charge < -0.3 is 19.6 Å². The van der Waals surface area contributed by atoms with Gasteiger partial charge in [-0.2, -0.15) is 0 Å². The van der Waals surface area contributed by atoms with Gasteiger partial charge in [0.05, 0.1) is 0 Å². The maximum Gasteiger partial charge on any atom is 0.261 e. The van der Waals surface area contributed by atoms with Gasteiger partial charge in [-0.1, -0.05) is 0 Å². The lowest BCUT2D eigenvalue weighted by molar-refractivity contribution is 0.171. The Bertz CT molecular complexity index is 816. The highest BCUT2D eigenvalue weighted by atomic mass is 32.2. The van der Waals surface area contributed by atoms with Crippen LogP contribution in [-0.4, -0.2) is 18.2 Å². The SMILES string of the molecule is Nc1ccc2oc(Sc3ccc4c(c3)OCCO4)nc2c1. The molecule has 0 radical (unpaired) electrons. The molecule has 2 aromatic carbocycles. The summed E-state index contributed by atoms with van der Waals surface area (Å²) in [6.07, 6.45) is 0. The number of rotatable bonds is 2. The molecule has 2 N–H and O–H groups in total. The maximum absolute atomic E-state index is 5.74. The topological polar surface area (TPSA) is 70.5 Å². The lowest BCUT2D eigenvalue weighted by Crippen LogP contribution is -2.15. The quantitative estimate of drug-likeness (QED) is 0.732. The molecule has 1 aliphatic heterocycles. The Kier molecular flexibility index (Phi) is 2.89. The largest absolute Gasteiger partial charge is 0.486 e. The van der Waals surface area contributed by atoms with Crippen molar-refractivity contribution in [2.45, 2.75) is 10.1 Å². The molecule has 106 valence electrons. The van der Waals surface area contributed by atoms with Crippen LogP contribution < -0.4 is 15.2 Å². The first-order valence-corrected chi connectivity index (χ1v) is 7.33. The predicted molar refractivity (Wildman–Crippen MR) is 80.0 cm³/mol. The van der Waals surface area contributed by atoms with E-state index in [0.717, 1.165) is 27.5 Å². The van der Waals surface area contributed by atoms with Gasteiger partial charge in [-0.05, 0) is 48.2 Å². The van der Waals surface area contributed by atoms with Crippen LogP contribution in [0.2, 0.25) is 0 Å². The smallest absolute Gasteiger partial charge is 0.261 e. The number of aromatic nitrogens is 1. The molecule has 0 saturated carbocycles. The van der Waals surface area contributed by atoms with Gasteiger partial charge in [-0.3, -0.25) is 0 Å². The number of benzene rings is 2. The third-order valence-corrected chi connectivity index (χ3v) is 3.95. The molecule has 2 heterocycles. The van der Waals surface area contributed by atoms with Crippen molar-refractivity contribution in [1.29, 1.82) is 0 Å². The van der Waals surface area contributed by atoms with E-state index >= 15 is 0 Å². The first kappa shape index (κ1) is 12.4. The molecule has 3 aromatic rings. The second-order valence-corrected chi connectivity index (χ2v) is 5.64. The zero-order valence-corrected chi connectivity index (χ0v) is 11.9. The third-order valence-electron chi connectivity index (χ3n) is 3.11. The van der Waals surface area contributed by atoms with Crippen LogP contribution in [0.5, 0.6) is 11.5 Å². The summed E-state index contributed by atoms with van der Waals surface area (Å²) in [5.41, 5.74) is 7.90. The lowest BCUT2D eigenvalue weighted by atomic mass is 10.3. The fourth-order valence-electron chi connectivity index (χ4n) is 2.15. The molecular weight excluding hydrogens is 288 g/mol. The second kappa shape index (κ2) is 4.89. The van der Waals surface area contributed by atoms with Crippen molar-refractivity contribution in [2.24, 2.45) is 0 Å². The normalized spacial score (nSPS) is 13.5. The van der Waals surface area contributed by atoms with Crippen molar-refractivity contribution < 1.29 is 13.9 Å².